The van der Waals surface area contributed by atoms with Gasteiger partial charge < -0.3 is 0 Å². The second kappa shape index (κ2) is 6.49. The number of halogens is 1. The summed E-state index contributed by atoms with van der Waals surface area (Å²) in [5.41, 5.74) is 4.44. The highest BCUT2D eigenvalue weighted by atomic mass is 35.5. The highest BCUT2D eigenvalue weighted by molar-refractivity contribution is 7.15. The average molecular weight is 383 g/mol. The van der Waals surface area contributed by atoms with Crippen molar-refractivity contribution in [2.24, 2.45) is 4.99 Å². The predicted octanol–water partition coefficient (Wildman–Crippen LogP) is 5.38. The first-order valence-corrected chi connectivity index (χ1v) is 9.68. The molecule has 0 saturated carbocycles. The van der Waals surface area contributed by atoms with Crippen molar-refractivity contribution in [1.29, 1.82) is 0 Å². The predicted molar refractivity (Wildman–Crippen MR) is 108 cm³/mol. The van der Waals surface area contributed by atoms with E-state index in [0.29, 0.717) is 6.42 Å². The minimum Gasteiger partial charge on any atom is -0.272 e. The van der Waals surface area contributed by atoms with E-state index in [4.69, 9.17) is 16.6 Å². The maximum atomic E-state index is 6.10. The molecule has 0 radical (unpaired) electrons. The normalized spacial score (nSPS) is 15.8. The second-order valence-electron chi connectivity index (χ2n) is 6.43. The van der Waals surface area contributed by atoms with Gasteiger partial charge in [-0.15, -0.1) is 28.1 Å². The highest BCUT2D eigenvalue weighted by Gasteiger charge is 2.30. The van der Waals surface area contributed by atoms with Crippen LogP contribution in [0.4, 0.5) is 0 Å². The Morgan fingerprint density at radius 2 is 1.92 bits per heavy atom. The summed E-state index contributed by atoms with van der Waals surface area (Å²) in [5, 5.41) is 10.6. The molecule has 1 aliphatic heterocycles. The fourth-order valence-electron chi connectivity index (χ4n) is 3.31. The maximum absolute atomic E-state index is 6.10. The summed E-state index contributed by atoms with van der Waals surface area (Å²) < 4.78 is 2.15. The molecule has 26 heavy (non-hydrogen) atoms. The molecule has 1 unspecified atom stereocenters. The Labute approximate surface area is 161 Å². The van der Waals surface area contributed by atoms with Gasteiger partial charge in [0.05, 0.1) is 5.71 Å². The van der Waals surface area contributed by atoms with Crippen molar-refractivity contribution in [2.75, 3.05) is 0 Å². The molecule has 6 heteroatoms. The van der Waals surface area contributed by atoms with Gasteiger partial charge in [-0.1, -0.05) is 29.8 Å². The second-order valence-corrected chi connectivity index (χ2v) is 8.07. The van der Waals surface area contributed by atoms with E-state index in [1.165, 1.54) is 10.4 Å². The number of hydrogen-bond donors (Lipinski definition) is 0. The molecule has 1 aromatic carbocycles. The van der Waals surface area contributed by atoms with Crippen LogP contribution in [-0.2, 0) is 0 Å². The molecule has 0 aliphatic carbocycles. The van der Waals surface area contributed by atoms with E-state index >= 15 is 0 Å². The third kappa shape index (κ3) is 2.63. The van der Waals surface area contributed by atoms with Gasteiger partial charge in [-0.2, -0.15) is 0 Å². The van der Waals surface area contributed by atoms with Crippen LogP contribution in [0, 0.1) is 20.8 Å². The summed E-state index contributed by atoms with van der Waals surface area (Å²) >= 11 is 7.86. The summed E-state index contributed by atoms with van der Waals surface area (Å²) in [6.45, 7) is 10.2. The van der Waals surface area contributed by atoms with Gasteiger partial charge in [0.25, 0.3) is 0 Å². The molecular weight excluding hydrogens is 364 g/mol. The number of aromatic nitrogens is 3. The van der Waals surface area contributed by atoms with Crippen LogP contribution in [0.5, 0.6) is 0 Å². The Hall–Kier alpha value is -2.24. The Morgan fingerprint density at radius 3 is 2.62 bits per heavy atom. The Morgan fingerprint density at radius 1 is 1.19 bits per heavy atom. The van der Waals surface area contributed by atoms with Gasteiger partial charge in [0.2, 0.25) is 0 Å². The molecule has 1 aliphatic rings. The zero-order chi connectivity index (χ0) is 18.4. The number of nitrogens with zero attached hydrogens (tertiary/aromatic N) is 4. The Balaban J connectivity index is 2.05. The molecular formula is C20H19ClN4S. The first-order valence-electron chi connectivity index (χ1n) is 8.48. The van der Waals surface area contributed by atoms with Crippen LogP contribution >= 0.6 is 22.9 Å². The number of aliphatic imine (C=N–C) groups is 1. The summed E-state index contributed by atoms with van der Waals surface area (Å²) in [4.78, 5) is 6.40. The smallest absolute Gasteiger partial charge is 0.163 e. The lowest BCUT2D eigenvalue weighted by Gasteiger charge is -2.10. The fourth-order valence-corrected chi connectivity index (χ4v) is 4.65. The van der Waals surface area contributed by atoms with Crippen LogP contribution in [0.3, 0.4) is 0 Å². The molecule has 0 fully saturated rings. The van der Waals surface area contributed by atoms with Gasteiger partial charge in [0.15, 0.2) is 5.82 Å². The molecule has 2 aromatic heterocycles. The van der Waals surface area contributed by atoms with Crippen molar-refractivity contribution < 1.29 is 0 Å². The first-order chi connectivity index (χ1) is 12.5. The molecule has 0 amide bonds. The molecule has 0 N–H and O–H groups in total. The van der Waals surface area contributed by atoms with Crippen molar-refractivity contribution in [3.8, 4) is 5.00 Å². The highest BCUT2D eigenvalue weighted by Crippen LogP contribution is 2.39. The first kappa shape index (κ1) is 17.2. The van der Waals surface area contributed by atoms with E-state index < -0.39 is 0 Å². The minimum absolute atomic E-state index is 0.112. The van der Waals surface area contributed by atoms with Crippen LogP contribution < -0.4 is 0 Å². The van der Waals surface area contributed by atoms with Crippen molar-refractivity contribution in [3.05, 3.63) is 75.2 Å². The zero-order valence-corrected chi connectivity index (χ0v) is 16.5. The van der Waals surface area contributed by atoms with E-state index in [1.54, 1.807) is 11.3 Å². The number of rotatable bonds is 3. The fraction of sp³-hybridized carbons (Fsp3) is 0.250. The number of thiophene rings is 1. The average Bonchev–Trinajstić information content (AvgIpc) is 3.09. The summed E-state index contributed by atoms with van der Waals surface area (Å²) in [6.07, 6.45) is 2.60. The van der Waals surface area contributed by atoms with Gasteiger partial charge in [0, 0.05) is 21.0 Å². The molecule has 3 aromatic rings. The molecule has 0 spiro atoms. The Kier molecular flexibility index (Phi) is 4.29. The van der Waals surface area contributed by atoms with Crippen LogP contribution in [0.1, 0.15) is 45.7 Å². The number of benzene rings is 1. The van der Waals surface area contributed by atoms with E-state index in [1.807, 2.05) is 37.3 Å². The third-order valence-electron chi connectivity index (χ3n) is 4.75. The Bertz CT molecular complexity index is 1030. The monoisotopic (exact) mass is 382 g/mol. The van der Waals surface area contributed by atoms with Crippen molar-refractivity contribution >= 4 is 28.6 Å². The quantitative estimate of drug-likeness (QED) is 0.571. The van der Waals surface area contributed by atoms with E-state index in [0.717, 1.165) is 38.5 Å². The van der Waals surface area contributed by atoms with E-state index in [2.05, 4.69) is 35.2 Å². The van der Waals surface area contributed by atoms with E-state index in [-0.39, 0.29) is 6.04 Å². The molecule has 4 rings (SSSR count). The summed E-state index contributed by atoms with van der Waals surface area (Å²) in [5.74, 6) is 1.75. The number of hydrogen-bond acceptors (Lipinski definition) is 4. The van der Waals surface area contributed by atoms with Crippen molar-refractivity contribution in [3.63, 3.8) is 0 Å². The summed E-state index contributed by atoms with van der Waals surface area (Å²) in [7, 11) is 0. The number of fused-ring (bicyclic) bond motifs is 3. The largest absolute Gasteiger partial charge is 0.272 e. The zero-order valence-electron chi connectivity index (χ0n) is 15.0. The standard InChI is InChI=1S/C20H19ClN4S/c1-5-6-16-19-24-23-13(4)25(19)20-17(11(2)12(3)26-20)18(22-16)14-7-9-15(21)10-8-14/h5,7-10,16H,1,6H2,2-4H3. The molecule has 4 nitrogen and oxygen atoms in total. The van der Waals surface area contributed by atoms with Gasteiger partial charge in [-0.3, -0.25) is 9.56 Å². The lowest BCUT2D eigenvalue weighted by molar-refractivity contribution is 0.671. The van der Waals surface area contributed by atoms with Crippen LogP contribution in [0.25, 0.3) is 5.00 Å². The molecule has 0 saturated heterocycles. The SMILES string of the molecule is C=CCC1N=C(c2ccc(Cl)cc2)c2c(sc(C)c2C)-n2c(C)nnc21. The summed E-state index contributed by atoms with van der Waals surface area (Å²) in [6, 6.07) is 7.76. The lowest BCUT2D eigenvalue weighted by Crippen LogP contribution is -2.07. The van der Waals surface area contributed by atoms with Crippen molar-refractivity contribution in [2.45, 2.75) is 33.2 Å². The molecule has 1 atom stereocenters. The molecule has 3 heterocycles. The van der Waals surface area contributed by atoms with E-state index in [9.17, 15) is 0 Å². The van der Waals surface area contributed by atoms with Gasteiger partial charge in [0.1, 0.15) is 16.9 Å². The van der Waals surface area contributed by atoms with Gasteiger partial charge >= 0.3 is 0 Å². The minimum atomic E-state index is -0.112. The number of aryl methyl sites for hydroxylation is 2. The topological polar surface area (TPSA) is 43.1 Å². The molecule has 0 bridgehead atoms. The van der Waals surface area contributed by atoms with Crippen LogP contribution in [0.15, 0.2) is 41.9 Å². The van der Waals surface area contributed by atoms with Crippen molar-refractivity contribution in [1.82, 2.24) is 14.8 Å². The van der Waals surface area contributed by atoms with Gasteiger partial charge in [-0.25, -0.2) is 0 Å². The van der Waals surface area contributed by atoms with Crippen LogP contribution in [-0.4, -0.2) is 20.5 Å². The van der Waals surface area contributed by atoms with Gasteiger partial charge in [-0.05, 0) is 44.9 Å². The maximum Gasteiger partial charge on any atom is 0.163 e. The van der Waals surface area contributed by atoms with Crippen LogP contribution in [0.2, 0.25) is 5.02 Å². The molecule has 132 valence electrons. The lowest BCUT2D eigenvalue weighted by atomic mass is 9.99. The third-order valence-corrected chi connectivity index (χ3v) is 6.19.